The first-order valence-corrected chi connectivity index (χ1v) is 14.4. The van der Waals surface area contributed by atoms with Crippen molar-refractivity contribution in [2.24, 2.45) is 5.92 Å². The molecule has 1 aliphatic carbocycles. The molecular weight excluding hydrogens is 542 g/mol. The zero-order valence-corrected chi connectivity index (χ0v) is 23.4. The molecule has 41 heavy (non-hydrogen) atoms. The molecule has 2 aromatic carbocycles. The van der Waals surface area contributed by atoms with E-state index >= 15 is 0 Å². The zero-order valence-electron chi connectivity index (χ0n) is 22.7. The largest absolute Gasteiger partial charge is 0.377 e. The molecule has 1 aliphatic heterocycles. The van der Waals surface area contributed by atoms with Gasteiger partial charge < -0.3 is 10.1 Å². The average molecular weight is 572 g/mol. The summed E-state index contributed by atoms with van der Waals surface area (Å²) in [7, 11) is 0. The van der Waals surface area contributed by atoms with Crippen LogP contribution in [0.3, 0.4) is 0 Å². The summed E-state index contributed by atoms with van der Waals surface area (Å²) in [5.41, 5.74) is 5.20. The zero-order chi connectivity index (χ0) is 28.1. The van der Waals surface area contributed by atoms with Gasteiger partial charge in [-0.15, -0.1) is 0 Å². The Bertz CT molecular complexity index is 1830. The average Bonchev–Trinajstić information content (AvgIpc) is 3.47. The molecule has 11 heteroatoms. The molecule has 1 saturated carbocycles. The summed E-state index contributed by atoms with van der Waals surface area (Å²) < 4.78 is 8.95. The Morgan fingerprint density at radius 1 is 1.02 bits per heavy atom. The van der Waals surface area contributed by atoms with Gasteiger partial charge in [-0.25, -0.2) is 4.79 Å². The number of carbonyl (C=O) groups excluding carboxylic acids is 1. The Labute approximate surface area is 240 Å². The number of carbonyl (C=O) groups is 1. The van der Waals surface area contributed by atoms with Gasteiger partial charge in [0, 0.05) is 18.8 Å². The van der Waals surface area contributed by atoms with E-state index in [1.54, 1.807) is 21.6 Å². The smallest absolute Gasteiger partial charge is 0.333 e. The number of nitrogens with one attached hydrogen (secondary N) is 1. The number of aryl methyl sites for hydroxylation is 1. The first-order valence-electron chi connectivity index (χ1n) is 14.0. The number of aromatic nitrogens is 6. The van der Waals surface area contributed by atoms with Gasteiger partial charge in [0.15, 0.2) is 0 Å². The van der Waals surface area contributed by atoms with Gasteiger partial charge in [-0.3, -0.25) is 18.9 Å². The van der Waals surface area contributed by atoms with Crippen LogP contribution < -0.4 is 11.0 Å². The van der Waals surface area contributed by atoms with Crippen molar-refractivity contribution < 1.29 is 9.53 Å². The number of halogens is 1. The van der Waals surface area contributed by atoms with E-state index < -0.39 is 0 Å². The molecule has 2 fully saturated rings. The topological polar surface area (TPSA) is 109 Å². The molecule has 210 valence electrons. The van der Waals surface area contributed by atoms with Crippen molar-refractivity contribution in [3.63, 3.8) is 0 Å². The first-order chi connectivity index (χ1) is 19.9. The second-order valence-electron chi connectivity index (χ2n) is 11.1. The lowest BCUT2D eigenvalue weighted by Crippen LogP contribution is -2.39. The van der Waals surface area contributed by atoms with Gasteiger partial charge >= 0.3 is 5.69 Å². The summed E-state index contributed by atoms with van der Waals surface area (Å²) in [5.74, 6) is 0.194. The van der Waals surface area contributed by atoms with Gasteiger partial charge in [-0.05, 0) is 74.9 Å². The van der Waals surface area contributed by atoms with E-state index in [0.717, 1.165) is 53.4 Å². The highest BCUT2D eigenvalue weighted by Crippen LogP contribution is 2.28. The number of hydrogen-bond acceptors (Lipinski definition) is 6. The maximum atomic E-state index is 13.9. The molecule has 5 aromatic rings. The molecule has 0 spiro atoms. The molecule has 10 nitrogen and oxygen atoms in total. The van der Waals surface area contributed by atoms with Gasteiger partial charge in [0.2, 0.25) is 0 Å². The highest BCUT2D eigenvalue weighted by molar-refractivity contribution is 6.30. The van der Waals surface area contributed by atoms with E-state index in [2.05, 4.69) is 20.5 Å². The fourth-order valence-electron chi connectivity index (χ4n) is 5.96. The van der Waals surface area contributed by atoms with E-state index in [4.69, 9.17) is 16.3 Å². The molecule has 1 N–H and O–H groups in total. The number of nitrogens with zero attached hydrogens (tertiary/aromatic N) is 6. The molecule has 3 aromatic heterocycles. The van der Waals surface area contributed by atoms with Crippen LogP contribution in [0.4, 0.5) is 0 Å². The highest BCUT2D eigenvalue weighted by atomic mass is 35.5. The molecule has 2 aliphatic rings. The van der Waals surface area contributed by atoms with Crippen molar-refractivity contribution in [1.82, 2.24) is 34.4 Å². The van der Waals surface area contributed by atoms with Gasteiger partial charge in [0.1, 0.15) is 17.1 Å². The third kappa shape index (κ3) is 4.81. The molecule has 0 radical (unpaired) electrons. The standard InChI is InChI=1S/C30H30ClN7O3/c1-18-24(12-20(31)14-32-18)29(39)33-21-8-6-19(7-9-21)15-36-27-4-2-3-5-28(27)37(30(36)40)22-10-11-25-26(13-22)35-38(34-25)23-16-41-17-23/h2-5,10-14,19,21,23H,6-9,15-17H2,1H3,(H,33,39)/t19-,21-. The minimum atomic E-state index is -0.140. The van der Waals surface area contributed by atoms with Crippen LogP contribution in [0.5, 0.6) is 0 Å². The Balaban J connectivity index is 1.10. The van der Waals surface area contributed by atoms with Crippen LogP contribution in [-0.2, 0) is 11.3 Å². The second kappa shape index (κ2) is 10.4. The van der Waals surface area contributed by atoms with Crippen LogP contribution in [-0.4, -0.2) is 54.3 Å². The molecule has 7 rings (SSSR count). The first kappa shape index (κ1) is 25.9. The van der Waals surface area contributed by atoms with Crippen molar-refractivity contribution in [3.8, 4) is 5.69 Å². The summed E-state index contributed by atoms with van der Waals surface area (Å²) in [6.07, 6.45) is 5.10. The number of para-hydroxylation sites is 2. The predicted molar refractivity (Wildman–Crippen MR) is 156 cm³/mol. The minimum Gasteiger partial charge on any atom is -0.377 e. The molecule has 0 atom stereocenters. The lowest BCUT2D eigenvalue weighted by molar-refractivity contribution is -0.0343. The Hall–Kier alpha value is -4.02. The molecule has 4 heterocycles. The Kier molecular flexibility index (Phi) is 6.59. The lowest BCUT2D eigenvalue weighted by Gasteiger charge is -2.29. The third-order valence-corrected chi connectivity index (χ3v) is 8.55. The molecule has 0 bridgehead atoms. The van der Waals surface area contributed by atoms with Crippen molar-refractivity contribution in [2.45, 2.75) is 51.2 Å². The summed E-state index contributed by atoms with van der Waals surface area (Å²) in [4.78, 5) is 32.7. The maximum absolute atomic E-state index is 13.9. The van der Waals surface area contributed by atoms with Crippen LogP contribution in [0.1, 0.15) is 47.8 Å². The van der Waals surface area contributed by atoms with Gasteiger partial charge in [-0.2, -0.15) is 15.0 Å². The van der Waals surface area contributed by atoms with Crippen LogP contribution in [0.2, 0.25) is 5.02 Å². The van der Waals surface area contributed by atoms with E-state index in [-0.39, 0.29) is 23.7 Å². The predicted octanol–water partition coefficient (Wildman–Crippen LogP) is 4.45. The Morgan fingerprint density at radius 3 is 2.54 bits per heavy atom. The highest BCUT2D eigenvalue weighted by Gasteiger charge is 2.26. The van der Waals surface area contributed by atoms with Crippen molar-refractivity contribution in [1.29, 1.82) is 0 Å². The van der Waals surface area contributed by atoms with Gasteiger partial charge in [-0.1, -0.05) is 23.7 Å². The van der Waals surface area contributed by atoms with Gasteiger partial charge in [0.25, 0.3) is 5.91 Å². The number of rotatable bonds is 6. The van der Waals surface area contributed by atoms with Crippen LogP contribution >= 0.6 is 11.6 Å². The molecule has 0 unspecified atom stereocenters. The fraction of sp³-hybridized carbons (Fsp3) is 0.367. The van der Waals surface area contributed by atoms with Crippen LogP contribution in [0.15, 0.2) is 59.5 Å². The fourth-order valence-corrected chi connectivity index (χ4v) is 6.12. The lowest BCUT2D eigenvalue weighted by atomic mass is 9.85. The normalized spacial score (nSPS) is 19.5. The van der Waals surface area contributed by atoms with Crippen LogP contribution in [0.25, 0.3) is 27.8 Å². The molecule has 1 amide bonds. The molecule has 1 saturated heterocycles. The monoisotopic (exact) mass is 571 g/mol. The van der Waals surface area contributed by atoms with E-state index in [1.807, 2.05) is 54.0 Å². The summed E-state index contributed by atoms with van der Waals surface area (Å²) in [6.45, 7) is 3.68. The quantitative estimate of drug-likeness (QED) is 0.322. The number of amides is 1. The number of hydrogen-bond donors (Lipinski definition) is 1. The Morgan fingerprint density at radius 2 is 1.78 bits per heavy atom. The number of pyridine rings is 1. The maximum Gasteiger partial charge on any atom is 0.333 e. The van der Waals surface area contributed by atoms with Gasteiger partial charge in [0.05, 0.1) is 46.2 Å². The summed E-state index contributed by atoms with van der Waals surface area (Å²) in [6, 6.07) is 15.6. The number of imidazole rings is 1. The van der Waals surface area contributed by atoms with Crippen LogP contribution in [0, 0.1) is 12.8 Å². The van der Waals surface area contributed by atoms with E-state index in [1.165, 1.54) is 0 Å². The number of fused-ring (bicyclic) bond motifs is 2. The second-order valence-corrected chi connectivity index (χ2v) is 11.5. The SMILES string of the molecule is Cc1ncc(Cl)cc1C(=O)N[C@H]1CC[C@H](Cn2c(=O)n(-c3ccc4nn(C5COC5)nc4c3)c3ccccc32)CC1. The number of ether oxygens (including phenoxy) is 1. The van der Waals surface area contributed by atoms with E-state index in [9.17, 15) is 9.59 Å². The summed E-state index contributed by atoms with van der Waals surface area (Å²) >= 11 is 6.06. The minimum absolute atomic E-state index is 0.0651. The van der Waals surface area contributed by atoms with Crippen molar-refractivity contribution in [3.05, 3.63) is 81.5 Å². The van der Waals surface area contributed by atoms with E-state index in [0.29, 0.717) is 42.0 Å². The van der Waals surface area contributed by atoms with Crippen molar-refractivity contribution >= 4 is 39.6 Å². The molecular formula is C30H30ClN7O3. The number of benzene rings is 2. The third-order valence-electron chi connectivity index (χ3n) is 8.34. The summed E-state index contributed by atoms with van der Waals surface area (Å²) in [5, 5.41) is 12.8. The van der Waals surface area contributed by atoms with Crippen molar-refractivity contribution in [2.75, 3.05) is 13.2 Å².